The molecule has 0 spiro atoms. The van der Waals surface area contributed by atoms with Gasteiger partial charge in [0.25, 0.3) is 5.91 Å². The molecule has 2 rings (SSSR count). The van der Waals surface area contributed by atoms with Crippen LogP contribution in [0.1, 0.15) is 29.8 Å². The smallest absolute Gasteiger partial charge is 0.262 e. The number of ketones is 1. The molecule has 0 unspecified atom stereocenters. The summed E-state index contributed by atoms with van der Waals surface area (Å²) in [7, 11) is 0. The van der Waals surface area contributed by atoms with Crippen LogP contribution in [-0.2, 0) is 9.59 Å². The van der Waals surface area contributed by atoms with Gasteiger partial charge in [0.15, 0.2) is 12.4 Å². The van der Waals surface area contributed by atoms with Crippen molar-refractivity contribution in [2.45, 2.75) is 20.8 Å². The molecule has 6 nitrogen and oxygen atoms in total. The lowest BCUT2D eigenvalue weighted by Crippen LogP contribution is -2.21. The summed E-state index contributed by atoms with van der Waals surface area (Å²) in [5.74, 6) is -0.136. The minimum Gasteiger partial charge on any atom is -0.484 e. The summed E-state index contributed by atoms with van der Waals surface area (Å²) < 4.78 is 5.43. The Labute approximate surface area is 146 Å². The molecule has 6 heteroatoms. The second-order valence-corrected chi connectivity index (χ2v) is 5.58. The number of rotatable bonds is 6. The van der Waals surface area contributed by atoms with E-state index in [9.17, 15) is 14.4 Å². The van der Waals surface area contributed by atoms with E-state index in [0.29, 0.717) is 22.7 Å². The SMILES string of the molecule is CC(=O)Nc1cccc(NC(=O)COc2cccc(C(C)=O)c2)c1C. The number of amides is 2. The summed E-state index contributed by atoms with van der Waals surface area (Å²) in [4.78, 5) is 34.6. The second kappa shape index (κ2) is 8.10. The molecule has 0 saturated carbocycles. The molecule has 2 N–H and O–H groups in total. The van der Waals surface area contributed by atoms with Gasteiger partial charge in [-0.05, 0) is 43.7 Å². The molecule has 0 radical (unpaired) electrons. The number of hydrogen-bond donors (Lipinski definition) is 2. The zero-order valence-corrected chi connectivity index (χ0v) is 14.4. The van der Waals surface area contributed by atoms with Crippen LogP contribution in [0.25, 0.3) is 0 Å². The number of benzene rings is 2. The number of nitrogens with one attached hydrogen (secondary N) is 2. The molecule has 0 aromatic heterocycles. The molecule has 2 aromatic carbocycles. The maximum absolute atomic E-state index is 12.1. The minimum atomic E-state index is -0.337. The molecular formula is C19H20N2O4. The fourth-order valence-corrected chi connectivity index (χ4v) is 2.24. The quantitative estimate of drug-likeness (QED) is 0.791. The average molecular weight is 340 g/mol. The molecule has 2 aromatic rings. The summed E-state index contributed by atoms with van der Waals surface area (Å²) in [6, 6.07) is 11.9. The van der Waals surface area contributed by atoms with Crippen LogP contribution in [0, 0.1) is 6.92 Å². The standard InChI is InChI=1S/C19H20N2O4/c1-12-17(20-14(3)23)8-5-9-18(12)21-19(24)11-25-16-7-4-6-15(10-16)13(2)22/h4-10H,11H2,1-3H3,(H,20,23)(H,21,24). The van der Waals surface area contributed by atoms with Gasteiger partial charge in [-0.1, -0.05) is 18.2 Å². The first-order valence-electron chi connectivity index (χ1n) is 7.77. The Balaban J connectivity index is 2.00. The number of carbonyl (C=O) groups excluding carboxylic acids is 3. The van der Waals surface area contributed by atoms with Gasteiger partial charge >= 0.3 is 0 Å². The van der Waals surface area contributed by atoms with E-state index in [1.165, 1.54) is 13.8 Å². The molecular weight excluding hydrogens is 320 g/mol. The van der Waals surface area contributed by atoms with Crippen molar-refractivity contribution in [2.75, 3.05) is 17.2 Å². The maximum Gasteiger partial charge on any atom is 0.262 e. The average Bonchev–Trinajstić information content (AvgIpc) is 2.56. The number of carbonyl (C=O) groups is 3. The van der Waals surface area contributed by atoms with Crippen LogP contribution in [-0.4, -0.2) is 24.2 Å². The van der Waals surface area contributed by atoms with E-state index in [1.54, 1.807) is 49.4 Å². The highest BCUT2D eigenvalue weighted by Crippen LogP contribution is 2.23. The van der Waals surface area contributed by atoms with Gasteiger partial charge in [-0.3, -0.25) is 14.4 Å². The van der Waals surface area contributed by atoms with Crippen LogP contribution in [0.3, 0.4) is 0 Å². The predicted octanol–water partition coefficient (Wildman–Crippen LogP) is 3.17. The molecule has 0 atom stereocenters. The van der Waals surface area contributed by atoms with Gasteiger partial charge in [0.2, 0.25) is 5.91 Å². The van der Waals surface area contributed by atoms with Crippen molar-refractivity contribution in [1.82, 2.24) is 0 Å². The zero-order chi connectivity index (χ0) is 18.4. The van der Waals surface area contributed by atoms with Crippen LogP contribution in [0.2, 0.25) is 0 Å². The van der Waals surface area contributed by atoms with E-state index in [-0.39, 0.29) is 24.2 Å². The van der Waals surface area contributed by atoms with Gasteiger partial charge in [-0.25, -0.2) is 0 Å². The number of ether oxygens (including phenoxy) is 1. The van der Waals surface area contributed by atoms with Crippen molar-refractivity contribution in [2.24, 2.45) is 0 Å². The molecule has 0 saturated heterocycles. The van der Waals surface area contributed by atoms with Crippen molar-refractivity contribution < 1.29 is 19.1 Å². The summed E-state index contributed by atoms with van der Waals surface area (Å²) in [6.45, 7) is 4.51. The molecule has 0 aliphatic carbocycles. The minimum absolute atomic E-state index is 0.0692. The molecule has 0 aliphatic heterocycles. The Hall–Kier alpha value is -3.15. The number of anilines is 2. The Bertz CT molecular complexity index is 815. The largest absolute Gasteiger partial charge is 0.484 e. The molecule has 130 valence electrons. The fourth-order valence-electron chi connectivity index (χ4n) is 2.24. The Morgan fingerprint density at radius 2 is 1.60 bits per heavy atom. The second-order valence-electron chi connectivity index (χ2n) is 5.58. The van der Waals surface area contributed by atoms with Crippen molar-refractivity contribution in [3.8, 4) is 5.75 Å². The Kier molecular flexibility index (Phi) is 5.89. The third-order valence-electron chi connectivity index (χ3n) is 3.53. The predicted molar refractivity (Wildman–Crippen MR) is 96.1 cm³/mol. The first-order chi connectivity index (χ1) is 11.9. The van der Waals surface area contributed by atoms with Gasteiger partial charge in [0, 0.05) is 23.9 Å². The topological polar surface area (TPSA) is 84.5 Å². The third kappa shape index (κ3) is 5.17. The number of hydrogen-bond acceptors (Lipinski definition) is 4. The highest BCUT2D eigenvalue weighted by Gasteiger charge is 2.10. The summed E-state index contributed by atoms with van der Waals surface area (Å²) in [5, 5.41) is 5.46. The van der Waals surface area contributed by atoms with E-state index in [0.717, 1.165) is 5.56 Å². The lowest BCUT2D eigenvalue weighted by atomic mass is 10.1. The summed E-state index contributed by atoms with van der Waals surface area (Å²) in [6.07, 6.45) is 0. The van der Waals surface area contributed by atoms with Gasteiger partial charge < -0.3 is 15.4 Å². The van der Waals surface area contributed by atoms with Gasteiger partial charge in [-0.2, -0.15) is 0 Å². The maximum atomic E-state index is 12.1. The van der Waals surface area contributed by atoms with E-state index in [2.05, 4.69) is 10.6 Å². The van der Waals surface area contributed by atoms with E-state index in [1.807, 2.05) is 0 Å². The van der Waals surface area contributed by atoms with Crippen LogP contribution in [0.5, 0.6) is 5.75 Å². The van der Waals surface area contributed by atoms with Gasteiger partial charge in [0.1, 0.15) is 5.75 Å². The Morgan fingerprint density at radius 1 is 0.960 bits per heavy atom. The highest BCUT2D eigenvalue weighted by molar-refractivity contribution is 5.96. The first-order valence-corrected chi connectivity index (χ1v) is 7.77. The molecule has 25 heavy (non-hydrogen) atoms. The van der Waals surface area contributed by atoms with E-state index < -0.39 is 0 Å². The third-order valence-corrected chi connectivity index (χ3v) is 3.53. The first kappa shape index (κ1) is 18.2. The monoisotopic (exact) mass is 340 g/mol. The molecule has 0 aliphatic rings. The normalized spacial score (nSPS) is 10.0. The van der Waals surface area contributed by atoms with E-state index in [4.69, 9.17) is 4.74 Å². The van der Waals surface area contributed by atoms with E-state index >= 15 is 0 Å². The summed E-state index contributed by atoms with van der Waals surface area (Å²) in [5.41, 5.74) is 2.51. The zero-order valence-electron chi connectivity index (χ0n) is 14.4. The van der Waals surface area contributed by atoms with Gasteiger partial charge in [0.05, 0.1) is 0 Å². The summed E-state index contributed by atoms with van der Waals surface area (Å²) >= 11 is 0. The fraction of sp³-hybridized carbons (Fsp3) is 0.211. The Morgan fingerprint density at radius 3 is 2.24 bits per heavy atom. The molecule has 0 bridgehead atoms. The van der Waals surface area contributed by atoms with Gasteiger partial charge in [-0.15, -0.1) is 0 Å². The highest BCUT2D eigenvalue weighted by atomic mass is 16.5. The van der Waals surface area contributed by atoms with Crippen molar-refractivity contribution >= 4 is 29.0 Å². The number of Topliss-reactive ketones (excluding diaryl/α,β-unsaturated/α-hetero) is 1. The van der Waals surface area contributed by atoms with Crippen LogP contribution < -0.4 is 15.4 Å². The molecule has 2 amide bonds. The van der Waals surface area contributed by atoms with Crippen molar-refractivity contribution in [1.29, 1.82) is 0 Å². The lowest BCUT2D eigenvalue weighted by molar-refractivity contribution is -0.118. The van der Waals surface area contributed by atoms with Crippen molar-refractivity contribution in [3.05, 3.63) is 53.6 Å². The molecule has 0 fully saturated rings. The van der Waals surface area contributed by atoms with Crippen LogP contribution in [0.4, 0.5) is 11.4 Å². The van der Waals surface area contributed by atoms with Crippen LogP contribution in [0.15, 0.2) is 42.5 Å². The lowest BCUT2D eigenvalue weighted by Gasteiger charge is -2.13. The van der Waals surface area contributed by atoms with Crippen molar-refractivity contribution in [3.63, 3.8) is 0 Å². The molecule has 0 heterocycles. The van der Waals surface area contributed by atoms with Crippen LogP contribution >= 0.6 is 0 Å².